The molecule has 1 spiro atoms. The van der Waals surface area contributed by atoms with E-state index in [9.17, 15) is 9.65 Å². The van der Waals surface area contributed by atoms with E-state index in [1.165, 1.54) is 6.20 Å². The fourth-order valence-electron chi connectivity index (χ4n) is 4.76. The van der Waals surface area contributed by atoms with Gasteiger partial charge < -0.3 is 15.0 Å². The van der Waals surface area contributed by atoms with Crippen molar-refractivity contribution in [3.63, 3.8) is 0 Å². The number of ether oxygens (including phenoxy) is 1. The number of aryl methyl sites for hydroxylation is 1. The number of halogens is 1. The van der Waals surface area contributed by atoms with Gasteiger partial charge in [0.05, 0.1) is 54.9 Å². The van der Waals surface area contributed by atoms with Gasteiger partial charge in [0.25, 0.3) is 0 Å². The number of nitrogens with one attached hydrogen (secondary N) is 1. The van der Waals surface area contributed by atoms with E-state index in [4.69, 9.17) is 4.74 Å². The van der Waals surface area contributed by atoms with Gasteiger partial charge in [-0.1, -0.05) is 0 Å². The standard InChI is InChI=1S/C20H26FN9O/c1-27-5-6-30(12-20(27)13-31-14-20)19(3-4-22)10-29(11-19)17-16(21)8-23-18(26-17)25-15-7-24-28(2)9-15/h7-9H,3,5-6,10-14H2,1-2H3,(H,23,25,26). The van der Waals surface area contributed by atoms with Crippen molar-refractivity contribution in [2.45, 2.75) is 17.5 Å². The van der Waals surface area contributed by atoms with Gasteiger partial charge in [0.15, 0.2) is 11.6 Å². The topological polar surface area (TPSA) is 98.4 Å². The molecule has 0 bridgehead atoms. The van der Waals surface area contributed by atoms with Crippen LogP contribution < -0.4 is 10.2 Å². The van der Waals surface area contributed by atoms with Crippen molar-refractivity contribution in [3.05, 3.63) is 24.4 Å². The third kappa shape index (κ3) is 3.40. The molecule has 2 aromatic heterocycles. The molecule has 0 aliphatic carbocycles. The zero-order valence-electron chi connectivity index (χ0n) is 17.8. The Morgan fingerprint density at radius 3 is 2.68 bits per heavy atom. The van der Waals surface area contributed by atoms with Crippen LogP contribution in [0, 0.1) is 17.1 Å². The molecule has 3 fully saturated rings. The highest BCUT2D eigenvalue weighted by atomic mass is 19.1. The van der Waals surface area contributed by atoms with Gasteiger partial charge in [-0.25, -0.2) is 9.37 Å². The molecule has 0 radical (unpaired) electrons. The first-order valence-electron chi connectivity index (χ1n) is 10.4. The Labute approximate surface area is 180 Å². The molecular weight excluding hydrogens is 401 g/mol. The molecule has 0 atom stereocenters. The molecule has 164 valence electrons. The average molecular weight is 427 g/mol. The van der Waals surface area contributed by atoms with Crippen LogP contribution in [0.1, 0.15) is 6.42 Å². The fourth-order valence-corrected chi connectivity index (χ4v) is 4.76. The SMILES string of the molecule is CN1CCN(C2(CC#N)CN(c3nc(Nc4cnn(C)c4)ncc3F)C2)CC12COC2. The second kappa shape index (κ2) is 7.40. The molecule has 5 rings (SSSR count). The number of likely N-dealkylation sites (N-methyl/N-ethyl adjacent to an activating group) is 1. The molecule has 11 heteroatoms. The summed E-state index contributed by atoms with van der Waals surface area (Å²) >= 11 is 0. The lowest BCUT2D eigenvalue weighted by Gasteiger charge is -2.62. The molecule has 5 heterocycles. The van der Waals surface area contributed by atoms with Gasteiger partial charge in [-0.3, -0.25) is 14.5 Å². The van der Waals surface area contributed by atoms with E-state index in [-0.39, 0.29) is 16.9 Å². The fraction of sp³-hybridized carbons (Fsp3) is 0.600. The predicted molar refractivity (Wildman–Crippen MR) is 111 cm³/mol. The Bertz CT molecular complexity index is 1010. The maximum absolute atomic E-state index is 14.6. The molecule has 31 heavy (non-hydrogen) atoms. The molecule has 1 N–H and O–H groups in total. The number of nitrogens with zero attached hydrogens (tertiary/aromatic N) is 8. The van der Waals surface area contributed by atoms with Crippen molar-refractivity contribution in [2.24, 2.45) is 7.05 Å². The lowest BCUT2D eigenvalue weighted by molar-refractivity contribution is -0.176. The summed E-state index contributed by atoms with van der Waals surface area (Å²) in [5.74, 6) is 0.0997. The van der Waals surface area contributed by atoms with Crippen LogP contribution in [0.5, 0.6) is 0 Å². The summed E-state index contributed by atoms with van der Waals surface area (Å²) in [6, 6.07) is 2.35. The first kappa shape index (κ1) is 20.1. The number of aromatic nitrogens is 4. The summed E-state index contributed by atoms with van der Waals surface area (Å²) in [6.07, 6.45) is 5.03. The summed E-state index contributed by atoms with van der Waals surface area (Å²) in [5, 5.41) is 16.7. The lowest BCUT2D eigenvalue weighted by Crippen LogP contribution is -2.78. The van der Waals surface area contributed by atoms with Crippen LogP contribution in [0.4, 0.5) is 21.8 Å². The average Bonchev–Trinajstić information content (AvgIpc) is 3.10. The van der Waals surface area contributed by atoms with E-state index in [0.29, 0.717) is 25.5 Å². The molecule has 0 amide bonds. The highest BCUT2D eigenvalue weighted by molar-refractivity contribution is 5.55. The first-order valence-corrected chi connectivity index (χ1v) is 10.4. The monoisotopic (exact) mass is 427 g/mol. The minimum Gasteiger partial charge on any atom is -0.377 e. The van der Waals surface area contributed by atoms with Gasteiger partial charge in [-0.2, -0.15) is 15.3 Å². The molecule has 0 aromatic carbocycles. The molecule has 3 saturated heterocycles. The molecule has 3 aliphatic heterocycles. The third-order valence-corrected chi connectivity index (χ3v) is 6.78. The Kier molecular flexibility index (Phi) is 4.80. The Hall–Kier alpha value is -2.81. The van der Waals surface area contributed by atoms with E-state index in [1.807, 2.05) is 11.9 Å². The van der Waals surface area contributed by atoms with Crippen molar-refractivity contribution in [1.82, 2.24) is 29.5 Å². The third-order valence-electron chi connectivity index (χ3n) is 6.78. The largest absolute Gasteiger partial charge is 0.377 e. The number of hydrogen-bond donors (Lipinski definition) is 1. The molecule has 2 aromatic rings. The van der Waals surface area contributed by atoms with Crippen molar-refractivity contribution in [3.8, 4) is 6.07 Å². The van der Waals surface area contributed by atoms with Crippen molar-refractivity contribution in [2.75, 3.05) is 63.2 Å². The van der Waals surface area contributed by atoms with Crippen molar-refractivity contribution in [1.29, 1.82) is 5.26 Å². The summed E-state index contributed by atoms with van der Waals surface area (Å²) in [6.45, 7) is 5.22. The molecular formula is C20H26FN9O. The van der Waals surface area contributed by atoms with Crippen LogP contribution in [0.25, 0.3) is 0 Å². The Morgan fingerprint density at radius 2 is 2.03 bits per heavy atom. The normalized spacial score (nSPS) is 22.6. The Balaban J connectivity index is 1.33. The predicted octanol–water partition coefficient (Wildman–Crippen LogP) is 0.582. The number of nitriles is 1. The minimum absolute atomic E-state index is 0.0299. The molecule has 0 unspecified atom stereocenters. The highest BCUT2D eigenvalue weighted by Gasteiger charge is 2.55. The van der Waals surface area contributed by atoms with Gasteiger partial charge in [-0.05, 0) is 7.05 Å². The maximum atomic E-state index is 14.6. The number of hydrogen-bond acceptors (Lipinski definition) is 9. The van der Waals surface area contributed by atoms with E-state index in [0.717, 1.165) is 38.5 Å². The summed E-state index contributed by atoms with van der Waals surface area (Å²) < 4.78 is 21.8. The van der Waals surface area contributed by atoms with Crippen LogP contribution in [-0.2, 0) is 11.8 Å². The molecule has 3 aliphatic rings. The quantitative estimate of drug-likeness (QED) is 0.735. The zero-order chi connectivity index (χ0) is 21.6. The van der Waals surface area contributed by atoms with Crippen molar-refractivity contribution >= 4 is 17.5 Å². The van der Waals surface area contributed by atoms with E-state index < -0.39 is 5.82 Å². The highest BCUT2D eigenvalue weighted by Crippen LogP contribution is 2.39. The minimum atomic E-state index is -0.468. The number of rotatable bonds is 5. The van der Waals surface area contributed by atoms with Crippen LogP contribution in [0.2, 0.25) is 0 Å². The summed E-state index contributed by atoms with van der Waals surface area (Å²) in [4.78, 5) is 15.1. The zero-order valence-corrected chi connectivity index (χ0v) is 17.8. The smallest absolute Gasteiger partial charge is 0.229 e. The maximum Gasteiger partial charge on any atom is 0.229 e. The van der Waals surface area contributed by atoms with Crippen LogP contribution in [0.3, 0.4) is 0 Å². The molecule has 10 nitrogen and oxygen atoms in total. The second-order valence-electron chi connectivity index (χ2n) is 8.87. The van der Waals surface area contributed by atoms with Gasteiger partial charge in [0, 0.05) is 46.0 Å². The second-order valence-corrected chi connectivity index (χ2v) is 8.87. The van der Waals surface area contributed by atoms with Gasteiger partial charge in [0.2, 0.25) is 5.95 Å². The van der Waals surface area contributed by atoms with Gasteiger partial charge in [0.1, 0.15) is 0 Å². The van der Waals surface area contributed by atoms with E-state index >= 15 is 0 Å². The lowest BCUT2D eigenvalue weighted by atomic mass is 9.81. The van der Waals surface area contributed by atoms with Crippen LogP contribution in [-0.4, -0.2) is 93.6 Å². The van der Waals surface area contributed by atoms with E-state index in [1.54, 1.807) is 17.1 Å². The summed E-state index contributed by atoms with van der Waals surface area (Å²) in [5.41, 5.74) is 0.461. The molecule has 0 saturated carbocycles. The van der Waals surface area contributed by atoms with Gasteiger partial charge >= 0.3 is 0 Å². The number of anilines is 3. The van der Waals surface area contributed by atoms with E-state index in [2.05, 4.69) is 43.3 Å². The van der Waals surface area contributed by atoms with Crippen molar-refractivity contribution < 1.29 is 9.13 Å². The summed E-state index contributed by atoms with van der Waals surface area (Å²) in [7, 11) is 3.95. The van der Waals surface area contributed by atoms with Crippen LogP contribution >= 0.6 is 0 Å². The number of piperazine rings is 1. The van der Waals surface area contributed by atoms with Crippen LogP contribution in [0.15, 0.2) is 18.6 Å². The van der Waals surface area contributed by atoms with Gasteiger partial charge in [-0.15, -0.1) is 0 Å². The Morgan fingerprint density at radius 1 is 1.23 bits per heavy atom. The first-order chi connectivity index (χ1) is 14.9.